The summed E-state index contributed by atoms with van der Waals surface area (Å²) in [5, 5.41) is 11.0. The number of nitro benzene ring substituents is 1. The van der Waals surface area contributed by atoms with Crippen LogP contribution in [0.3, 0.4) is 0 Å². The van der Waals surface area contributed by atoms with E-state index < -0.39 is 25.0 Å². The van der Waals surface area contributed by atoms with E-state index in [9.17, 15) is 26.9 Å². The van der Waals surface area contributed by atoms with Gasteiger partial charge in [-0.3, -0.25) is 10.1 Å². The van der Waals surface area contributed by atoms with Gasteiger partial charge in [0, 0.05) is 38.3 Å². The molecule has 0 amide bonds. The first-order chi connectivity index (χ1) is 13.5. The number of nitrogens with zero attached hydrogens (tertiary/aromatic N) is 3. The van der Waals surface area contributed by atoms with E-state index in [2.05, 4.69) is 0 Å². The van der Waals surface area contributed by atoms with Crippen LogP contribution in [0.4, 0.5) is 5.69 Å². The van der Waals surface area contributed by atoms with Crippen molar-refractivity contribution in [1.82, 2.24) is 8.61 Å². The average Bonchev–Trinajstić information content (AvgIpc) is 2.68. The molecule has 11 heteroatoms. The van der Waals surface area contributed by atoms with Gasteiger partial charge in [0.1, 0.15) is 0 Å². The fraction of sp³-hybridized carbons (Fsp3) is 0.333. The van der Waals surface area contributed by atoms with Crippen LogP contribution < -0.4 is 0 Å². The fourth-order valence-corrected chi connectivity index (χ4v) is 6.22. The summed E-state index contributed by atoms with van der Waals surface area (Å²) in [5.41, 5.74) is 1.02. The van der Waals surface area contributed by atoms with Crippen molar-refractivity contribution in [3.8, 4) is 0 Å². The predicted octanol–water partition coefficient (Wildman–Crippen LogP) is 1.91. The van der Waals surface area contributed by atoms with Crippen LogP contribution in [0.2, 0.25) is 0 Å². The zero-order valence-corrected chi connectivity index (χ0v) is 17.6. The van der Waals surface area contributed by atoms with Gasteiger partial charge < -0.3 is 0 Å². The van der Waals surface area contributed by atoms with Gasteiger partial charge in [-0.05, 0) is 31.5 Å². The normalized spacial score (nSPS) is 16.6. The molecule has 1 aliphatic heterocycles. The summed E-state index contributed by atoms with van der Waals surface area (Å²) in [5.74, 6) is 0. The van der Waals surface area contributed by atoms with Crippen LogP contribution in [0.15, 0.2) is 52.3 Å². The Morgan fingerprint density at radius 1 is 0.828 bits per heavy atom. The Kier molecular flexibility index (Phi) is 5.77. The van der Waals surface area contributed by atoms with Gasteiger partial charge in [0.2, 0.25) is 20.0 Å². The molecule has 0 aliphatic carbocycles. The second kappa shape index (κ2) is 7.82. The molecule has 2 aromatic rings. The molecular formula is C18H21N3O6S2. The topological polar surface area (TPSA) is 118 Å². The second-order valence-corrected chi connectivity index (χ2v) is 10.7. The van der Waals surface area contributed by atoms with E-state index in [-0.39, 0.29) is 41.7 Å². The van der Waals surface area contributed by atoms with E-state index in [4.69, 9.17) is 0 Å². The minimum Gasteiger partial charge on any atom is -0.258 e. The van der Waals surface area contributed by atoms with Crippen LogP contribution in [0.25, 0.3) is 0 Å². The highest BCUT2D eigenvalue weighted by Crippen LogP contribution is 2.26. The summed E-state index contributed by atoms with van der Waals surface area (Å²) in [6.45, 7) is 3.36. The Morgan fingerprint density at radius 2 is 1.34 bits per heavy atom. The summed E-state index contributed by atoms with van der Waals surface area (Å²) in [6, 6.07) is 10.2. The number of rotatable bonds is 5. The summed E-state index contributed by atoms with van der Waals surface area (Å²) >= 11 is 0. The van der Waals surface area contributed by atoms with Crippen LogP contribution >= 0.6 is 0 Å². The van der Waals surface area contributed by atoms with Gasteiger partial charge in [0.25, 0.3) is 5.69 Å². The van der Waals surface area contributed by atoms with E-state index in [1.807, 2.05) is 6.92 Å². The van der Waals surface area contributed by atoms with Crippen LogP contribution in [-0.4, -0.2) is 56.5 Å². The lowest BCUT2D eigenvalue weighted by molar-refractivity contribution is -0.385. The minimum absolute atomic E-state index is 0.00339. The Morgan fingerprint density at radius 3 is 1.86 bits per heavy atom. The van der Waals surface area contributed by atoms with E-state index in [0.717, 1.165) is 11.6 Å². The smallest absolute Gasteiger partial charge is 0.258 e. The molecule has 1 aliphatic rings. The zero-order valence-electron chi connectivity index (χ0n) is 16.0. The van der Waals surface area contributed by atoms with Crippen molar-refractivity contribution < 1.29 is 21.8 Å². The molecule has 0 spiro atoms. The SMILES string of the molecule is Cc1ccc(S(=O)(=O)N2CCN(S(=O)(=O)c3cc([N+](=O)[O-])ccc3C)CC2)cc1. The first-order valence-electron chi connectivity index (χ1n) is 8.85. The van der Waals surface area contributed by atoms with Crippen molar-refractivity contribution in [2.45, 2.75) is 23.6 Å². The number of non-ortho nitro benzene ring substituents is 1. The largest absolute Gasteiger partial charge is 0.270 e. The number of sulfonamides is 2. The predicted molar refractivity (Wildman–Crippen MR) is 107 cm³/mol. The fourth-order valence-electron chi connectivity index (χ4n) is 3.13. The minimum atomic E-state index is -3.98. The van der Waals surface area contributed by atoms with Crippen molar-refractivity contribution in [1.29, 1.82) is 0 Å². The van der Waals surface area contributed by atoms with E-state index in [1.54, 1.807) is 19.1 Å². The molecule has 2 aromatic carbocycles. The lowest BCUT2D eigenvalue weighted by atomic mass is 10.2. The van der Waals surface area contributed by atoms with Gasteiger partial charge in [0.15, 0.2) is 0 Å². The van der Waals surface area contributed by atoms with Gasteiger partial charge in [-0.1, -0.05) is 23.8 Å². The summed E-state index contributed by atoms with van der Waals surface area (Å²) in [7, 11) is -7.70. The standard InChI is InChI=1S/C18H21N3O6S2/c1-14-3-7-17(8-4-14)28(24,25)19-9-11-20(12-10-19)29(26,27)18-13-16(21(22)23)6-5-15(18)2/h3-8,13H,9-12H2,1-2H3. The third-order valence-electron chi connectivity index (χ3n) is 4.86. The quantitative estimate of drug-likeness (QED) is 0.519. The Balaban J connectivity index is 1.81. The number of piperazine rings is 1. The molecule has 3 rings (SSSR count). The summed E-state index contributed by atoms with van der Waals surface area (Å²) in [6.07, 6.45) is 0. The first kappa shape index (κ1) is 21.4. The maximum atomic E-state index is 13.0. The van der Waals surface area contributed by atoms with Crippen molar-refractivity contribution >= 4 is 25.7 Å². The highest BCUT2D eigenvalue weighted by atomic mass is 32.2. The number of hydrogen-bond donors (Lipinski definition) is 0. The average molecular weight is 440 g/mol. The van der Waals surface area contributed by atoms with Crippen LogP contribution in [0.5, 0.6) is 0 Å². The van der Waals surface area contributed by atoms with Gasteiger partial charge in [0.05, 0.1) is 14.7 Å². The van der Waals surface area contributed by atoms with Gasteiger partial charge in [-0.25, -0.2) is 16.8 Å². The molecule has 0 saturated carbocycles. The third-order valence-corrected chi connectivity index (χ3v) is 8.81. The lowest BCUT2D eigenvalue weighted by Gasteiger charge is -2.33. The molecule has 9 nitrogen and oxygen atoms in total. The molecule has 0 aromatic heterocycles. The van der Waals surface area contributed by atoms with E-state index in [1.165, 1.54) is 32.9 Å². The molecule has 0 unspecified atom stereocenters. The second-order valence-electron chi connectivity index (χ2n) is 6.83. The first-order valence-corrected chi connectivity index (χ1v) is 11.7. The van der Waals surface area contributed by atoms with Crippen LogP contribution in [0, 0.1) is 24.0 Å². The summed E-state index contributed by atoms with van der Waals surface area (Å²) < 4.78 is 53.9. The monoisotopic (exact) mass is 439 g/mol. The molecular weight excluding hydrogens is 418 g/mol. The number of nitro groups is 1. The molecule has 0 radical (unpaired) electrons. The molecule has 1 fully saturated rings. The Hall–Kier alpha value is -2.34. The number of benzene rings is 2. The number of aryl methyl sites for hydroxylation is 2. The van der Waals surface area contributed by atoms with Crippen LogP contribution in [0.1, 0.15) is 11.1 Å². The Bertz CT molecular complexity index is 1140. The zero-order chi connectivity index (χ0) is 21.4. The molecule has 0 bridgehead atoms. The van der Waals surface area contributed by atoms with Gasteiger partial charge in [-0.15, -0.1) is 0 Å². The maximum absolute atomic E-state index is 13.0. The third kappa shape index (κ3) is 4.17. The van der Waals surface area contributed by atoms with Crippen molar-refractivity contribution in [3.63, 3.8) is 0 Å². The highest BCUT2D eigenvalue weighted by Gasteiger charge is 2.34. The van der Waals surface area contributed by atoms with E-state index >= 15 is 0 Å². The molecule has 156 valence electrons. The van der Waals surface area contributed by atoms with Crippen molar-refractivity contribution in [3.05, 3.63) is 63.7 Å². The molecule has 0 atom stereocenters. The molecule has 29 heavy (non-hydrogen) atoms. The highest BCUT2D eigenvalue weighted by molar-refractivity contribution is 7.89. The molecule has 1 saturated heterocycles. The van der Waals surface area contributed by atoms with Crippen LogP contribution in [-0.2, 0) is 20.0 Å². The van der Waals surface area contributed by atoms with E-state index in [0.29, 0.717) is 5.56 Å². The van der Waals surface area contributed by atoms with Crippen molar-refractivity contribution in [2.75, 3.05) is 26.2 Å². The van der Waals surface area contributed by atoms with Gasteiger partial charge in [-0.2, -0.15) is 8.61 Å². The maximum Gasteiger partial charge on any atom is 0.270 e. The lowest BCUT2D eigenvalue weighted by Crippen LogP contribution is -2.50. The van der Waals surface area contributed by atoms with Gasteiger partial charge >= 0.3 is 0 Å². The van der Waals surface area contributed by atoms with Crippen molar-refractivity contribution in [2.24, 2.45) is 0 Å². The molecule has 1 heterocycles. The molecule has 0 N–H and O–H groups in total. The number of hydrogen-bond acceptors (Lipinski definition) is 6. The Labute approximate surface area is 169 Å². The summed E-state index contributed by atoms with van der Waals surface area (Å²) in [4.78, 5) is 10.4.